The van der Waals surface area contributed by atoms with Crippen LogP contribution in [0.1, 0.15) is 42.1 Å². The molecule has 21 heavy (non-hydrogen) atoms. The molecular formula is C18H20FNO. The van der Waals surface area contributed by atoms with Crippen LogP contribution in [0.25, 0.3) is 0 Å². The molecule has 1 unspecified atom stereocenters. The number of fused-ring (bicyclic) bond motifs is 1. The Morgan fingerprint density at radius 1 is 1.19 bits per heavy atom. The number of hydrogen-bond acceptors (Lipinski definition) is 2. The van der Waals surface area contributed by atoms with E-state index in [1.54, 1.807) is 6.07 Å². The molecule has 0 aliphatic carbocycles. The summed E-state index contributed by atoms with van der Waals surface area (Å²) in [4.78, 5) is 0. The largest absolute Gasteiger partial charge is 0.492 e. The molecule has 2 aromatic rings. The lowest BCUT2D eigenvalue weighted by molar-refractivity contribution is 0.291. The highest BCUT2D eigenvalue weighted by Crippen LogP contribution is 2.40. The van der Waals surface area contributed by atoms with E-state index in [0.29, 0.717) is 12.2 Å². The van der Waals surface area contributed by atoms with E-state index in [9.17, 15) is 4.39 Å². The van der Waals surface area contributed by atoms with E-state index >= 15 is 0 Å². The Balaban J connectivity index is 2.01. The molecule has 2 aromatic carbocycles. The van der Waals surface area contributed by atoms with Crippen LogP contribution in [-0.4, -0.2) is 6.61 Å². The Labute approximate surface area is 124 Å². The van der Waals surface area contributed by atoms with Crippen molar-refractivity contribution in [1.82, 2.24) is 0 Å². The maximum atomic E-state index is 14.1. The maximum absolute atomic E-state index is 14.1. The molecule has 3 heteroatoms. The summed E-state index contributed by atoms with van der Waals surface area (Å²) in [6, 6.07) is 10.6. The Morgan fingerprint density at radius 2 is 1.95 bits per heavy atom. The zero-order valence-corrected chi connectivity index (χ0v) is 12.6. The minimum absolute atomic E-state index is 0.0309. The van der Waals surface area contributed by atoms with Crippen LogP contribution in [0.4, 0.5) is 4.39 Å². The molecule has 1 atom stereocenters. The van der Waals surface area contributed by atoms with Crippen molar-refractivity contribution in [3.8, 4) is 5.75 Å². The molecule has 0 bridgehead atoms. The fourth-order valence-electron chi connectivity index (χ4n) is 2.80. The third kappa shape index (κ3) is 2.42. The van der Waals surface area contributed by atoms with Gasteiger partial charge < -0.3 is 10.5 Å². The normalized spacial score (nSPS) is 17.2. The second kappa shape index (κ2) is 4.85. The molecule has 0 saturated carbocycles. The molecule has 1 heterocycles. The first-order valence-corrected chi connectivity index (χ1v) is 7.17. The van der Waals surface area contributed by atoms with Gasteiger partial charge in [0, 0.05) is 16.5 Å². The van der Waals surface area contributed by atoms with Crippen molar-refractivity contribution >= 4 is 0 Å². The topological polar surface area (TPSA) is 35.2 Å². The van der Waals surface area contributed by atoms with Crippen molar-refractivity contribution in [1.29, 1.82) is 0 Å². The van der Waals surface area contributed by atoms with Crippen LogP contribution in [0.3, 0.4) is 0 Å². The van der Waals surface area contributed by atoms with Crippen molar-refractivity contribution in [2.24, 2.45) is 5.73 Å². The quantitative estimate of drug-likeness (QED) is 0.909. The lowest BCUT2D eigenvalue weighted by atomic mass is 9.85. The Morgan fingerprint density at radius 3 is 2.67 bits per heavy atom. The smallest absolute Gasteiger partial charge is 0.128 e. The van der Waals surface area contributed by atoms with Gasteiger partial charge in [-0.15, -0.1) is 0 Å². The number of ether oxygens (including phenoxy) is 1. The van der Waals surface area contributed by atoms with Crippen molar-refractivity contribution in [2.75, 3.05) is 6.61 Å². The molecule has 2 nitrogen and oxygen atoms in total. The second-order valence-corrected chi connectivity index (χ2v) is 6.43. The van der Waals surface area contributed by atoms with E-state index in [1.165, 1.54) is 6.07 Å². The fraction of sp³-hybridized carbons (Fsp3) is 0.333. The molecular weight excluding hydrogens is 265 g/mol. The van der Waals surface area contributed by atoms with Crippen LogP contribution in [0, 0.1) is 12.7 Å². The summed E-state index contributed by atoms with van der Waals surface area (Å²) < 4.78 is 19.8. The molecule has 0 radical (unpaired) electrons. The van der Waals surface area contributed by atoms with Gasteiger partial charge in [0.15, 0.2) is 0 Å². The molecule has 0 aromatic heterocycles. The SMILES string of the molecule is Cc1ccc(C(N)c2ccc3c(c2)C(C)(C)CO3)c(F)c1. The molecule has 110 valence electrons. The Hall–Kier alpha value is -1.87. The number of benzene rings is 2. The van der Waals surface area contributed by atoms with Gasteiger partial charge in [0.25, 0.3) is 0 Å². The number of hydrogen-bond donors (Lipinski definition) is 1. The summed E-state index contributed by atoms with van der Waals surface area (Å²) in [5, 5.41) is 0. The number of rotatable bonds is 2. The van der Waals surface area contributed by atoms with Gasteiger partial charge in [-0.05, 0) is 36.2 Å². The maximum Gasteiger partial charge on any atom is 0.128 e. The molecule has 0 fully saturated rings. The Bertz CT molecular complexity index is 694. The molecule has 0 saturated heterocycles. The average Bonchev–Trinajstić information content (AvgIpc) is 2.74. The summed E-state index contributed by atoms with van der Waals surface area (Å²) in [7, 11) is 0. The monoisotopic (exact) mass is 285 g/mol. The highest BCUT2D eigenvalue weighted by Gasteiger charge is 2.32. The van der Waals surface area contributed by atoms with Crippen LogP contribution in [-0.2, 0) is 5.41 Å². The highest BCUT2D eigenvalue weighted by atomic mass is 19.1. The molecule has 1 aliphatic heterocycles. The van der Waals surface area contributed by atoms with E-state index in [-0.39, 0.29) is 11.2 Å². The third-order valence-electron chi connectivity index (χ3n) is 4.17. The van der Waals surface area contributed by atoms with Gasteiger partial charge in [-0.1, -0.05) is 32.0 Å². The minimum Gasteiger partial charge on any atom is -0.492 e. The number of nitrogens with two attached hydrogens (primary N) is 1. The van der Waals surface area contributed by atoms with Crippen LogP contribution in [0.15, 0.2) is 36.4 Å². The van der Waals surface area contributed by atoms with Crippen molar-refractivity contribution in [2.45, 2.75) is 32.2 Å². The summed E-state index contributed by atoms with van der Waals surface area (Å²) in [5.74, 6) is 0.652. The van der Waals surface area contributed by atoms with E-state index in [4.69, 9.17) is 10.5 Å². The molecule has 3 rings (SSSR count). The lowest BCUT2D eigenvalue weighted by Gasteiger charge is -2.19. The number of aryl methyl sites for hydroxylation is 1. The Kier molecular flexibility index (Phi) is 3.25. The van der Waals surface area contributed by atoms with Gasteiger partial charge in [-0.3, -0.25) is 0 Å². The predicted octanol–water partition coefficient (Wildman–Crippen LogP) is 3.85. The summed E-state index contributed by atoms with van der Waals surface area (Å²) >= 11 is 0. The van der Waals surface area contributed by atoms with Crippen LogP contribution >= 0.6 is 0 Å². The van der Waals surface area contributed by atoms with Gasteiger partial charge in [-0.2, -0.15) is 0 Å². The van der Waals surface area contributed by atoms with E-state index < -0.39 is 6.04 Å². The van der Waals surface area contributed by atoms with Crippen LogP contribution in [0.5, 0.6) is 5.75 Å². The lowest BCUT2D eigenvalue weighted by Crippen LogP contribution is -2.19. The highest BCUT2D eigenvalue weighted by molar-refractivity contribution is 5.47. The first kappa shape index (κ1) is 14.1. The number of halogens is 1. The van der Waals surface area contributed by atoms with Crippen molar-refractivity contribution in [3.05, 3.63) is 64.5 Å². The van der Waals surface area contributed by atoms with Crippen LogP contribution < -0.4 is 10.5 Å². The second-order valence-electron chi connectivity index (χ2n) is 6.43. The fourth-order valence-corrected chi connectivity index (χ4v) is 2.80. The minimum atomic E-state index is -0.465. The average molecular weight is 285 g/mol. The summed E-state index contributed by atoms with van der Waals surface area (Å²) in [6.45, 7) is 6.81. The summed E-state index contributed by atoms with van der Waals surface area (Å²) in [6.07, 6.45) is 0. The molecule has 0 spiro atoms. The molecule has 1 aliphatic rings. The van der Waals surface area contributed by atoms with E-state index in [1.807, 2.05) is 31.2 Å². The first-order valence-electron chi connectivity index (χ1n) is 7.17. The summed E-state index contributed by atoms with van der Waals surface area (Å²) in [5.41, 5.74) is 9.71. The van der Waals surface area contributed by atoms with Gasteiger partial charge in [0.05, 0.1) is 12.6 Å². The van der Waals surface area contributed by atoms with Gasteiger partial charge in [0.1, 0.15) is 11.6 Å². The predicted molar refractivity (Wildman–Crippen MR) is 82.1 cm³/mol. The first-order chi connectivity index (χ1) is 9.88. The standard InChI is InChI=1S/C18H20FNO/c1-11-4-6-13(15(19)8-11)17(20)12-5-7-16-14(9-12)18(2,3)10-21-16/h4-9,17H,10,20H2,1-3H3. The van der Waals surface area contributed by atoms with E-state index in [0.717, 1.165) is 22.4 Å². The van der Waals surface area contributed by atoms with Gasteiger partial charge in [0.2, 0.25) is 0 Å². The molecule has 2 N–H and O–H groups in total. The van der Waals surface area contributed by atoms with Gasteiger partial charge in [-0.25, -0.2) is 4.39 Å². The van der Waals surface area contributed by atoms with Gasteiger partial charge >= 0.3 is 0 Å². The van der Waals surface area contributed by atoms with Crippen molar-refractivity contribution < 1.29 is 9.13 Å². The van der Waals surface area contributed by atoms with E-state index in [2.05, 4.69) is 13.8 Å². The van der Waals surface area contributed by atoms with Crippen molar-refractivity contribution in [3.63, 3.8) is 0 Å². The molecule has 0 amide bonds. The van der Waals surface area contributed by atoms with Crippen LogP contribution in [0.2, 0.25) is 0 Å². The third-order valence-corrected chi connectivity index (χ3v) is 4.17. The zero-order chi connectivity index (χ0) is 15.2. The zero-order valence-electron chi connectivity index (χ0n) is 12.6.